The van der Waals surface area contributed by atoms with E-state index in [0.29, 0.717) is 11.3 Å². The highest BCUT2D eigenvalue weighted by Crippen LogP contribution is 2.31. The second-order valence-electron chi connectivity index (χ2n) is 4.29. The third-order valence-electron chi connectivity index (χ3n) is 3.15. The first kappa shape index (κ1) is 11.4. The van der Waals surface area contributed by atoms with Crippen LogP contribution in [0.1, 0.15) is 26.8 Å². The van der Waals surface area contributed by atoms with Gasteiger partial charge in [-0.1, -0.05) is 24.3 Å². The van der Waals surface area contributed by atoms with Crippen LogP contribution in [0.15, 0.2) is 36.0 Å². The van der Waals surface area contributed by atoms with E-state index in [4.69, 9.17) is 0 Å². The summed E-state index contributed by atoms with van der Waals surface area (Å²) in [6.45, 7) is 0. The molecule has 4 nitrogen and oxygen atoms in total. The summed E-state index contributed by atoms with van der Waals surface area (Å²) in [4.78, 5) is 16.4. The van der Waals surface area contributed by atoms with Crippen molar-refractivity contribution >= 4 is 17.2 Å². The molecular formula is C13H12N2O2S. The quantitative estimate of drug-likeness (QED) is 0.860. The number of aliphatic hydroxyl groups is 1. The number of hydrogen-bond donors (Lipinski definition) is 2. The summed E-state index contributed by atoms with van der Waals surface area (Å²) in [5.41, 5.74) is 3.72. The van der Waals surface area contributed by atoms with Gasteiger partial charge in [0.2, 0.25) is 0 Å². The molecule has 3 rings (SSSR count). The van der Waals surface area contributed by atoms with Crippen LogP contribution in [-0.4, -0.2) is 22.1 Å². The Hall–Kier alpha value is -1.72. The zero-order chi connectivity index (χ0) is 12.5. The van der Waals surface area contributed by atoms with Crippen LogP contribution in [-0.2, 0) is 6.42 Å². The van der Waals surface area contributed by atoms with Crippen LogP contribution in [0.25, 0.3) is 0 Å². The molecule has 1 aromatic carbocycles. The molecule has 0 unspecified atom stereocenters. The average molecular weight is 260 g/mol. The molecule has 2 N–H and O–H groups in total. The summed E-state index contributed by atoms with van der Waals surface area (Å²) in [5.74, 6) is -0.182. The molecule has 92 valence electrons. The van der Waals surface area contributed by atoms with E-state index >= 15 is 0 Å². The summed E-state index contributed by atoms with van der Waals surface area (Å²) in [6.07, 6.45) is 1.57. The summed E-state index contributed by atoms with van der Waals surface area (Å²) in [6, 6.07) is 7.47. The highest BCUT2D eigenvalue weighted by atomic mass is 32.1. The summed E-state index contributed by atoms with van der Waals surface area (Å²) in [5, 5.41) is 12.9. The van der Waals surface area contributed by atoms with Crippen molar-refractivity contribution in [1.82, 2.24) is 10.3 Å². The van der Waals surface area contributed by atoms with Gasteiger partial charge in [0.25, 0.3) is 5.91 Å². The number of fused-ring (bicyclic) bond motifs is 1. The fourth-order valence-electron chi connectivity index (χ4n) is 2.29. The van der Waals surface area contributed by atoms with Gasteiger partial charge in [-0.3, -0.25) is 9.78 Å². The van der Waals surface area contributed by atoms with Crippen molar-refractivity contribution in [2.24, 2.45) is 0 Å². The Bertz CT molecular complexity index is 568. The fraction of sp³-hybridized carbons (Fsp3) is 0.231. The highest BCUT2D eigenvalue weighted by molar-refractivity contribution is 7.11. The molecule has 0 aliphatic heterocycles. The van der Waals surface area contributed by atoms with Gasteiger partial charge < -0.3 is 10.4 Å². The topological polar surface area (TPSA) is 62.2 Å². The lowest BCUT2D eigenvalue weighted by Crippen LogP contribution is -2.33. The van der Waals surface area contributed by atoms with Gasteiger partial charge in [0.1, 0.15) is 4.88 Å². The van der Waals surface area contributed by atoms with Gasteiger partial charge >= 0.3 is 0 Å². The number of amides is 1. The third-order valence-corrected chi connectivity index (χ3v) is 3.92. The van der Waals surface area contributed by atoms with Crippen LogP contribution >= 0.6 is 11.3 Å². The first-order chi connectivity index (χ1) is 8.75. The van der Waals surface area contributed by atoms with Crippen LogP contribution < -0.4 is 5.32 Å². The minimum atomic E-state index is -0.556. The molecule has 1 aliphatic carbocycles. The first-order valence-corrected chi connectivity index (χ1v) is 6.59. The van der Waals surface area contributed by atoms with Crippen LogP contribution in [0, 0.1) is 0 Å². The maximum absolute atomic E-state index is 12.0. The second-order valence-corrected chi connectivity index (χ2v) is 5.17. The molecule has 1 amide bonds. The van der Waals surface area contributed by atoms with Crippen molar-refractivity contribution in [1.29, 1.82) is 0 Å². The number of aliphatic hydroxyl groups excluding tert-OH is 1. The lowest BCUT2D eigenvalue weighted by molar-refractivity contribution is 0.0862. The normalized spacial score (nSPS) is 21.6. The number of nitrogens with zero attached hydrogens (tertiary/aromatic N) is 1. The molecule has 0 fully saturated rings. The van der Waals surface area contributed by atoms with E-state index in [2.05, 4.69) is 10.3 Å². The predicted octanol–water partition coefficient (Wildman–Crippen LogP) is 1.53. The number of aromatic nitrogens is 1. The number of rotatable bonds is 2. The molecule has 0 spiro atoms. The van der Waals surface area contributed by atoms with Crippen molar-refractivity contribution < 1.29 is 9.90 Å². The van der Waals surface area contributed by atoms with Gasteiger partial charge in [0.15, 0.2) is 0 Å². The number of nitrogens with one attached hydrogen (secondary N) is 1. The van der Waals surface area contributed by atoms with E-state index in [0.717, 1.165) is 11.1 Å². The van der Waals surface area contributed by atoms with Gasteiger partial charge in [0, 0.05) is 6.42 Å². The molecule has 0 radical (unpaired) electrons. The second kappa shape index (κ2) is 4.51. The van der Waals surface area contributed by atoms with Gasteiger partial charge in [-0.25, -0.2) is 0 Å². The monoisotopic (exact) mass is 260 g/mol. The molecule has 18 heavy (non-hydrogen) atoms. The van der Waals surface area contributed by atoms with Crippen molar-refractivity contribution in [3.05, 3.63) is 52.0 Å². The average Bonchev–Trinajstić information content (AvgIpc) is 2.98. The Morgan fingerprint density at radius 1 is 1.44 bits per heavy atom. The van der Waals surface area contributed by atoms with Crippen molar-refractivity contribution in [2.45, 2.75) is 18.6 Å². The SMILES string of the molecule is O=C(N[C@@H]1c2ccccc2C[C@@H]1O)c1cncs1. The number of carbonyl (C=O) groups is 1. The largest absolute Gasteiger partial charge is 0.390 e. The number of carbonyl (C=O) groups excluding carboxylic acids is 1. The molecule has 2 aromatic rings. The molecule has 0 saturated carbocycles. The Kier molecular flexibility index (Phi) is 2.85. The molecule has 1 heterocycles. The Morgan fingerprint density at radius 2 is 2.28 bits per heavy atom. The minimum Gasteiger partial charge on any atom is -0.390 e. The van der Waals surface area contributed by atoms with Crippen LogP contribution in [0.2, 0.25) is 0 Å². The molecule has 1 aromatic heterocycles. The fourth-order valence-corrected chi connectivity index (χ4v) is 2.81. The highest BCUT2D eigenvalue weighted by Gasteiger charge is 2.32. The molecular weight excluding hydrogens is 248 g/mol. The zero-order valence-electron chi connectivity index (χ0n) is 9.54. The smallest absolute Gasteiger partial charge is 0.263 e. The zero-order valence-corrected chi connectivity index (χ0v) is 10.4. The van der Waals surface area contributed by atoms with Crippen molar-refractivity contribution in [3.8, 4) is 0 Å². The molecule has 5 heteroatoms. The van der Waals surface area contributed by atoms with Gasteiger partial charge in [0.05, 0.1) is 23.9 Å². The van der Waals surface area contributed by atoms with E-state index in [1.165, 1.54) is 17.5 Å². The van der Waals surface area contributed by atoms with E-state index in [1.54, 1.807) is 5.51 Å². The first-order valence-electron chi connectivity index (χ1n) is 5.71. The maximum Gasteiger partial charge on any atom is 0.263 e. The van der Waals surface area contributed by atoms with Crippen molar-refractivity contribution in [3.63, 3.8) is 0 Å². The Balaban J connectivity index is 1.83. The van der Waals surface area contributed by atoms with Gasteiger partial charge in [-0.05, 0) is 11.1 Å². The predicted molar refractivity (Wildman–Crippen MR) is 68.5 cm³/mol. The lowest BCUT2D eigenvalue weighted by atomic mass is 10.1. The van der Waals surface area contributed by atoms with E-state index in [-0.39, 0.29) is 11.9 Å². The van der Waals surface area contributed by atoms with Crippen LogP contribution in [0.3, 0.4) is 0 Å². The maximum atomic E-state index is 12.0. The van der Waals surface area contributed by atoms with Gasteiger partial charge in [-0.15, -0.1) is 11.3 Å². The lowest BCUT2D eigenvalue weighted by Gasteiger charge is -2.17. The molecule has 1 aliphatic rings. The van der Waals surface area contributed by atoms with Crippen LogP contribution in [0.4, 0.5) is 0 Å². The van der Waals surface area contributed by atoms with Crippen LogP contribution in [0.5, 0.6) is 0 Å². The summed E-state index contributed by atoms with van der Waals surface area (Å²) >= 11 is 1.29. The van der Waals surface area contributed by atoms with E-state index in [9.17, 15) is 9.90 Å². The molecule has 0 bridgehead atoms. The minimum absolute atomic E-state index is 0.182. The van der Waals surface area contributed by atoms with Gasteiger partial charge in [-0.2, -0.15) is 0 Å². The molecule has 0 saturated heterocycles. The summed E-state index contributed by atoms with van der Waals surface area (Å²) < 4.78 is 0. The van der Waals surface area contributed by atoms with Crippen molar-refractivity contribution in [2.75, 3.05) is 0 Å². The molecule has 2 atom stereocenters. The standard InChI is InChI=1S/C13H12N2O2S/c16-10-5-8-3-1-2-4-9(8)12(10)15-13(17)11-6-14-7-18-11/h1-4,6-7,10,12,16H,5H2,(H,15,17)/t10-,12+/m0/s1. The Morgan fingerprint density at radius 3 is 3.06 bits per heavy atom. The number of benzene rings is 1. The number of hydrogen-bond acceptors (Lipinski definition) is 4. The summed E-state index contributed by atoms with van der Waals surface area (Å²) in [7, 11) is 0. The van der Waals surface area contributed by atoms with E-state index in [1.807, 2.05) is 24.3 Å². The third kappa shape index (κ3) is 1.91. The number of thiazole rings is 1. The van der Waals surface area contributed by atoms with E-state index < -0.39 is 6.10 Å². The Labute approximate surface area is 108 Å².